The standard InChI is InChI=1S/C20H24N6O3S/c1-20(2,30(28,29)18-4-3-17-6-10-23-26(17)14-18)15-7-11-25(12-8-15)19(27)24-16-5-9-21-22-13-16/h3-6,9-10,13-15H,7-8,11-12H2,1-2H3,(H,21,24,27). The Morgan fingerprint density at radius 1 is 1.10 bits per heavy atom. The van der Waals surface area contributed by atoms with Crippen LogP contribution in [0, 0.1) is 5.92 Å². The summed E-state index contributed by atoms with van der Waals surface area (Å²) in [6.45, 7) is 4.54. The van der Waals surface area contributed by atoms with Crippen LogP contribution in [0.2, 0.25) is 0 Å². The molecule has 0 aromatic carbocycles. The molecule has 0 bridgehead atoms. The molecule has 0 spiro atoms. The van der Waals surface area contributed by atoms with Crippen molar-refractivity contribution in [2.45, 2.75) is 36.3 Å². The molecule has 4 heterocycles. The van der Waals surface area contributed by atoms with Crippen LogP contribution in [0.1, 0.15) is 26.7 Å². The number of fused-ring (bicyclic) bond motifs is 1. The van der Waals surface area contributed by atoms with E-state index in [1.807, 2.05) is 6.07 Å². The molecule has 10 heteroatoms. The zero-order valence-electron chi connectivity index (χ0n) is 16.9. The number of amides is 2. The fourth-order valence-electron chi connectivity index (χ4n) is 3.92. The highest BCUT2D eigenvalue weighted by atomic mass is 32.2. The summed E-state index contributed by atoms with van der Waals surface area (Å²) in [5.41, 5.74) is 1.42. The second kappa shape index (κ2) is 7.67. The van der Waals surface area contributed by atoms with Gasteiger partial charge in [-0.05, 0) is 56.9 Å². The number of hydrogen-bond acceptors (Lipinski definition) is 6. The Bertz CT molecular complexity index is 1150. The van der Waals surface area contributed by atoms with Gasteiger partial charge in [0.1, 0.15) is 0 Å². The van der Waals surface area contributed by atoms with Gasteiger partial charge in [-0.25, -0.2) is 17.7 Å². The van der Waals surface area contributed by atoms with Gasteiger partial charge in [-0.2, -0.15) is 15.3 Å². The fourth-order valence-corrected chi connectivity index (χ4v) is 5.69. The minimum Gasteiger partial charge on any atom is -0.325 e. The zero-order valence-corrected chi connectivity index (χ0v) is 17.7. The number of nitrogens with one attached hydrogen (secondary N) is 1. The molecule has 0 saturated carbocycles. The van der Waals surface area contributed by atoms with Crippen molar-refractivity contribution in [3.63, 3.8) is 0 Å². The zero-order chi connectivity index (χ0) is 21.4. The van der Waals surface area contributed by atoms with Crippen LogP contribution in [0.5, 0.6) is 0 Å². The summed E-state index contributed by atoms with van der Waals surface area (Å²) < 4.78 is 27.5. The summed E-state index contributed by atoms with van der Waals surface area (Å²) in [6.07, 6.45) is 7.42. The van der Waals surface area contributed by atoms with Gasteiger partial charge in [0.05, 0.1) is 33.2 Å². The monoisotopic (exact) mass is 428 g/mol. The number of nitrogens with zero attached hydrogens (tertiary/aromatic N) is 5. The van der Waals surface area contributed by atoms with E-state index in [4.69, 9.17) is 0 Å². The number of carbonyl (C=O) groups is 1. The minimum atomic E-state index is -3.59. The number of aromatic nitrogens is 4. The molecule has 3 aromatic heterocycles. The molecule has 30 heavy (non-hydrogen) atoms. The quantitative estimate of drug-likeness (QED) is 0.684. The Labute approximate surface area is 175 Å². The molecular formula is C20H24N6O3S. The molecule has 0 atom stereocenters. The second-order valence-corrected chi connectivity index (χ2v) is 10.5. The normalized spacial score (nSPS) is 16.0. The van der Waals surface area contributed by atoms with E-state index in [-0.39, 0.29) is 16.8 Å². The summed E-state index contributed by atoms with van der Waals surface area (Å²) in [7, 11) is -3.59. The molecule has 158 valence electrons. The largest absolute Gasteiger partial charge is 0.325 e. The fraction of sp³-hybridized carbons (Fsp3) is 0.400. The van der Waals surface area contributed by atoms with Crippen LogP contribution < -0.4 is 5.32 Å². The molecule has 1 N–H and O–H groups in total. The van der Waals surface area contributed by atoms with Crippen LogP contribution in [0.3, 0.4) is 0 Å². The lowest BCUT2D eigenvalue weighted by atomic mass is 9.86. The maximum Gasteiger partial charge on any atom is 0.321 e. The van der Waals surface area contributed by atoms with Gasteiger partial charge in [0, 0.05) is 25.5 Å². The van der Waals surface area contributed by atoms with Gasteiger partial charge in [-0.3, -0.25) is 0 Å². The number of likely N-dealkylation sites (tertiary alicyclic amines) is 1. The first-order chi connectivity index (χ1) is 14.3. The van der Waals surface area contributed by atoms with Crippen LogP contribution in [-0.2, 0) is 9.84 Å². The van der Waals surface area contributed by atoms with Crippen molar-refractivity contribution in [3.8, 4) is 0 Å². The molecule has 9 nitrogen and oxygen atoms in total. The average Bonchev–Trinajstić information content (AvgIpc) is 3.22. The summed E-state index contributed by atoms with van der Waals surface area (Å²) in [5, 5.41) is 14.4. The predicted molar refractivity (Wildman–Crippen MR) is 112 cm³/mol. The maximum absolute atomic E-state index is 13.4. The molecule has 4 rings (SSSR count). The first kappa shape index (κ1) is 20.3. The van der Waals surface area contributed by atoms with Gasteiger partial charge in [0.15, 0.2) is 9.84 Å². The molecule has 2 amide bonds. The molecule has 0 radical (unpaired) electrons. The lowest BCUT2D eigenvalue weighted by Crippen LogP contribution is -2.48. The summed E-state index contributed by atoms with van der Waals surface area (Å²) in [5.74, 6) is -0.0672. The average molecular weight is 429 g/mol. The van der Waals surface area contributed by atoms with E-state index in [1.165, 1.54) is 12.4 Å². The Kier molecular flexibility index (Phi) is 5.19. The van der Waals surface area contributed by atoms with Crippen LogP contribution >= 0.6 is 0 Å². The third-order valence-electron chi connectivity index (χ3n) is 5.97. The number of urea groups is 1. The van der Waals surface area contributed by atoms with Gasteiger partial charge in [-0.1, -0.05) is 0 Å². The van der Waals surface area contributed by atoms with Crippen molar-refractivity contribution in [2.24, 2.45) is 5.92 Å². The van der Waals surface area contributed by atoms with E-state index in [0.29, 0.717) is 31.6 Å². The van der Waals surface area contributed by atoms with Crippen molar-refractivity contribution in [3.05, 3.63) is 49.1 Å². The number of sulfone groups is 1. The SMILES string of the molecule is CC(C)(C1CCN(C(=O)Nc2ccnnc2)CC1)S(=O)(=O)c1ccc2ccnn2c1. The topological polar surface area (TPSA) is 110 Å². The Balaban J connectivity index is 1.45. The molecule has 0 unspecified atom stereocenters. The minimum absolute atomic E-state index is 0.0672. The summed E-state index contributed by atoms with van der Waals surface area (Å²) in [6, 6.07) is 6.68. The first-order valence-corrected chi connectivity index (χ1v) is 11.3. The van der Waals surface area contributed by atoms with Crippen molar-refractivity contribution >= 4 is 27.1 Å². The molecule has 1 saturated heterocycles. The van der Waals surface area contributed by atoms with Crippen molar-refractivity contribution in [1.29, 1.82) is 0 Å². The van der Waals surface area contributed by atoms with Crippen LogP contribution in [0.15, 0.2) is 53.9 Å². The number of rotatable bonds is 4. The van der Waals surface area contributed by atoms with Crippen LogP contribution in [-0.4, -0.2) is 57.0 Å². The Morgan fingerprint density at radius 2 is 1.87 bits per heavy atom. The molecule has 1 aliphatic rings. The van der Waals surface area contributed by atoms with E-state index in [2.05, 4.69) is 20.6 Å². The van der Waals surface area contributed by atoms with Gasteiger partial charge in [-0.15, -0.1) is 0 Å². The maximum atomic E-state index is 13.4. The van der Waals surface area contributed by atoms with Gasteiger partial charge < -0.3 is 10.2 Å². The number of anilines is 1. The molecule has 1 fully saturated rings. The van der Waals surface area contributed by atoms with Crippen LogP contribution in [0.25, 0.3) is 5.52 Å². The van der Waals surface area contributed by atoms with E-state index in [1.54, 1.807) is 53.9 Å². The smallest absolute Gasteiger partial charge is 0.321 e. The number of pyridine rings is 1. The summed E-state index contributed by atoms with van der Waals surface area (Å²) >= 11 is 0. The highest BCUT2D eigenvalue weighted by molar-refractivity contribution is 7.92. The van der Waals surface area contributed by atoms with Crippen molar-refractivity contribution < 1.29 is 13.2 Å². The first-order valence-electron chi connectivity index (χ1n) is 9.80. The van der Waals surface area contributed by atoms with Gasteiger partial charge in [0.25, 0.3) is 0 Å². The lowest BCUT2D eigenvalue weighted by Gasteiger charge is -2.40. The molecule has 3 aromatic rings. The second-order valence-electron chi connectivity index (χ2n) is 7.99. The Hall–Kier alpha value is -3.01. The summed E-state index contributed by atoms with van der Waals surface area (Å²) in [4.78, 5) is 14.4. The van der Waals surface area contributed by atoms with Gasteiger partial charge >= 0.3 is 6.03 Å². The number of carbonyl (C=O) groups excluding carboxylic acids is 1. The third-order valence-corrected chi connectivity index (χ3v) is 8.55. The number of piperidine rings is 1. The predicted octanol–water partition coefficient (Wildman–Crippen LogP) is 2.62. The van der Waals surface area contributed by atoms with E-state index in [0.717, 1.165) is 5.52 Å². The Morgan fingerprint density at radius 3 is 2.57 bits per heavy atom. The highest BCUT2D eigenvalue weighted by Gasteiger charge is 2.44. The van der Waals surface area contributed by atoms with Crippen molar-refractivity contribution in [1.82, 2.24) is 24.7 Å². The third kappa shape index (κ3) is 3.62. The highest BCUT2D eigenvalue weighted by Crippen LogP contribution is 2.38. The van der Waals surface area contributed by atoms with Gasteiger partial charge in [0.2, 0.25) is 0 Å². The van der Waals surface area contributed by atoms with E-state index >= 15 is 0 Å². The number of hydrogen-bond donors (Lipinski definition) is 1. The van der Waals surface area contributed by atoms with E-state index < -0.39 is 14.6 Å². The van der Waals surface area contributed by atoms with Crippen molar-refractivity contribution in [2.75, 3.05) is 18.4 Å². The molecule has 0 aliphatic carbocycles. The molecular weight excluding hydrogens is 404 g/mol. The van der Waals surface area contributed by atoms with Crippen LogP contribution in [0.4, 0.5) is 10.5 Å². The lowest BCUT2D eigenvalue weighted by molar-refractivity contribution is 0.171. The molecule has 1 aliphatic heterocycles. The van der Waals surface area contributed by atoms with E-state index in [9.17, 15) is 13.2 Å².